The number of sulfone groups is 1. The zero-order valence-electron chi connectivity index (χ0n) is 12.8. The molecule has 2 aromatic rings. The molecule has 6 nitrogen and oxygen atoms in total. The van der Waals surface area contributed by atoms with Crippen LogP contribution in [0, 0.1) is 0 Å². The van der Waals surface area contributed by atoms with Gasteiger partial charge in [-0.25, -0.2) is 8.42 Å². The molecule has 0 aliphatic rings. The molecule has 1 N–H and O–H groups in total. The molecular formula is C14H21N3O3S. The highest BCUT2D eigenvalue weighted by molar-refractivity contribution is 7.91. The van der Waals surface area contributed by atoms with Crippen molar-refractivity contribution in [3.63, 3.8) is 0 Å². The Bertz CT molecular complexity index is 722. The Labute approximate surface area is 125 Å². The van der Waals surface area contributed by atoms with Crippen LogP contribution in [0.4, 0.5) is 11.7 Å². The van der Waals surface area contributed by atoms with Gasteiger partial charge in [0.25, 0.3) is 6.01 Å². The predicted molar refractivity (Wildman–Crippen MR) is 85.7 cm³/mol. The molecule has 0 amide bonds. The zero-order valence-corrected chi connectivity index (χ0v) is 13.6. The molecule has 1 aromatic carbocycles. The lowest BCUT2D eigenvalue weighted by Crippen LogP contribution is -2.26. The Morgan fingerprint density at radius 2 is 2.10 bits per heavy atom. The normalized spacial score (nSPS) is 13.3. The van der Waals surface area contributed by atoms with Crippen molar-refractivity contribution in [1.29, 1.82) is 0 Å². The fourth-order valence-corrected chi connectivity index (χ4v) is 3.10. The van der Waals surface area contributed by atoms with Crippen molar-refractivity contribution in [3.8, 4) is 0 Å². The molecule has 0 spiro atoms. The first kappa shape index (κ1) is 15.6. The first-order valence-electron chi connectivity index (χ1n) is 6.85. The highest BCUT2D eigenvalue weighted by Crippen LogP contribution is 2.23. The predicted octanol–water partition coefficient (Wildman–Crippen LogP) is 2.13. The standard InChI is InChI=1S/C14H21N3O3S/c1-5-21(18,19)9-10(2)15-11-6-7-13-12(8-11)16-14(20-13)17(3)4/h6-8,10,15H,5,9H2,1-4H3. The maximum Gasteiger partial charge on any atom is 0.297 e. The number of anilines is 2. The number of aromatic nitrogens is 1. The summed E-state index contributed by atoms with van der Waals surface area (Å²) in [5, 5.41) is 3.19. The minimum Gasteiger partial charge on any atom is -0.423 e. The van der Waals surface area contributed by atoms with Crippen molar-refractivity contribution < 1.29 is 12.8 Å². The lowest BCUT2D eigenvalue weighted by molar-refractivity contribution is 0.593. The lowest BCUT2D eigenvalue weighted by atomic mass is 10.2. The van der Waals surface area contributed by atoms with E-state index >= 15 is 0 Å². The summed E-state index contributed by atoms with van der Waals surface area (Å²) in [4.78, 5) is 6.17. The average Bonchev–Trinajstić information content (AvgIpc) is 2.81. The average molecular weight is 311 g/mol. The fourth-order valence-electron chi connectivity index (χ4n) is 2.02. The van der Waals surface area contributed by atoms with Crippen LogP contribution in [-0.4, -0.2) is 45.0 Å². The summed E-state index contributed by atoms with van der Waals surface area (Å²) in [5.41, 5.74) is 2.28. The molecule has 116 valence electrons. The Morgan fingerprint density at radius 3 is 2.71 bits per heavy atom. The summed E-state index contributed by atoms with van der Waals surface area (Å²) in [5.74, 6) is 0.275. The Hall–Kier alpha value is -1.76. The van der Waals surface area contributed by atoms with Crippen LogP contribution in [0.1, 0.15) is 13.8 Å². The van der Waals surface area contributed by atoms with E-state index in [2.05, 4.69) is 10.3 Å². The molecule has 7 heteroatoms. The van der Waals surface area contributed by atoms with E-state index in [0.29, 0.717) is 11.6 Å². The van der Waals surface area contributed by atoms with E-state index < -0.39 is 9.84 Å². The minimum atomic E-state index is -2.99. The fraction of sp³-hybridized carbons (Fsp3) is 0.500. The molecule has 1 aromatic heterocycles. The van der Waals surface area contributed by atoms with Crippen molar-refractivity contribution in [3.05, 3.63) is 18.2 Å². The maximum absolute atomic E-state index is 11.6. The van der Waals surface area contributed by atoms with Crippen molar-refractivity contribution in [2.45, 2.75) is 19.9 Å². The molecule has 1 atom stereocenters. The van der Waals surface area contributed by atoms with Gasteiger partial charge in [-0.15, -0.1) is 0 Å². The zero-order chi connectivity index (χ0) is 15.6. The maximum atomic E-state index is 11.6. The summed E-state index contributed by atoms with van der Waals surface area (Å²) < 4.78 is 28.8. The van der Waals surface area contributed by atoms with Gasteiger partial charge >= 0.3 is 0 Å². The Balaban J connectivity index is 2.15. The highest BCUT2D eigenvalue weighted by atomic mass is 32.2. The van der Waals surface area contributed by atoms with Gasteiger partial charge in [-0.3, -0.25) is 0 Å². The van der Waals surface area contributed by atoms with Gasteiger partial charge in [-0.2, -0.15) is 4.98 Å². The summed E-state index contributed by atoms with van der Waals surface area (Å²) >= 11 is 0. The molecule has 2 rings (SSSR count). The number of hydrogen-bond acceptors (Lipinski definition) is 6. The molecule has 0 bridgehead atoms. The molecule has 0 saturated heterocycles. The van der Waals surface area contributed by atoms with E-state index in [1.54, 1.807) is 11.8 Å². The number of rotatable bonds is 6. The lowest BCUT2D eigenvalue weighted by Gasteiger charge is -2.14. The van der Waals surface area contributed by atoms with Crippen molar-refractivity contribution in [2.75, 3.05) is 35.8 Å². The van der Waals surface area contributed by atoms with E-state index in [4.69, 9.17) is 4.42 Å². The second kappa shape index (κ2) is 5.93. The summed E-state index contributed by atoms with van der Waals surface area (Å²) in [6.07, 6.45) is 0. The van der Waals surface area contributed by atoms with Crippen LogP contribution >= 0.6 is 0 Å². The van der Waals surface area contributed by atoms with Gasteiger partial charge in [0.05, 0.1) is 5.75 Å². The van der Waals surface area contributed by atoms with Crippen molar-refractivity contribution >= 4 is 32.6 Å². The monoisotopic (exact) mass is 311 g/mol. The first-order chi connectivity index (χ1) is 9.80. The molecule has 21 heavy (non-hydrogen) atoms. The topological polar surface area (TPSA) is 75.4 Å². The summed E-state index contributed by atoms with van der Waals surface area (Å²) in [7, 11) is 0.734. The van der Waals surface area contributed by atoms with Crippen LogP contribution in [0.2, 0.25) is 0 Å². The minimum absolute atomic E-state index is 0.114. The van der Waals surface area contributed by atoms with Crippen LogP contribution < -0.4 is 10.2 Å². The van der Waals surface area contributed by atoms with Crippen LogP contribution in [0.3, 0.4) is 0 Å². The second-order valence-corrected chi connectivity index (χ2v) is 7.72. The van der Waals surface area contributed by atoms with E-state index in [0.717, 1.165) is 11.2 Å². The third-order valence-electron chi connectivity index (χ3n) is 3.12. The molecule has 0 aliphatic heterocycles. The molecule has 1 heterocycles. The van der Waals surface area contributed by atoms with Gasteiger partial charge in [0, 0.05) is 31.6 Å². The van der Waals surface area contributed by atoms with Gasteiger partial charge in [-0.1, -0.05) is 6.92 Å². The SMILES string of the molecule is CCS(=O)(=O)CC(C)Nc1ccc2oc(N(C)C)nc2c1. The number of oxazole rings is 1. The molecule has 1 unspecified atom stereocenters. The summed E-state index contributed by atoms with van der Waals surface area (Å²) in [6.45, 7) is 3.51. The van der Waals surface area contributed by atoms with Crippen LogP contribution in [-0.2, 0) is 9.84 Å². The number of hydrogen-bond donors (Lipinski definition) is 1. The van der Waals surface area contributed by atoms with Crippen molar-refractivity contribution in [1.82, 2.24) is 4.98 Å². The van der Waals surface area contributed by atoms with Gasteiger partial charge in [0.2, 0.25) is 0 Å². The van der Waals surface area contributed by atoms with E-state index in [1.165, 1.54) is 0 Å². The number of benzene rings is 1. The molecule has 0 saturated carbocycles. The van der Waals surface area contributed by atoms with Gasteiger partial charge in [0.1, 0.15) is 5.52 Å². The molecule has 0 aliphatic carbocycles. The largest absolute Gasteiger partial charge is 0.423 e. The number of fused-ring (bicyclic) bond motifs is 1. The second-order valence-electron chi connectivity index (χ2n) is 5.32. The molecule has 0 fully saturated rings. The third-order valence-corrected chi connectivity index (χ3v) is 5.00. The Morgan fingerprint density at radius 1 is 1.38 bits per heavy atom. The number of nitrogens with zero attached hydrogens (tertiary/aromatic N) is 2. The van der Waals surface area contributed by atoms with Gasteiger partial charge in [-0.05, 0) is 25.1 Å². The van der Waals surface area contributed by atoms with E-state index in [-0.39, 0.29) is 17.5 Å². The van der Waals surface area contributed by atoms with Crippen LogP contribution in [0.25, 0.3) is 11.1 Å². The van der Waals surface area contributed by atoms with Gasteiger partial charge in [0.15, 0.2) is 15.4 Å². The highest BCUT2D eigenvalue weighted by Gasteiger charge is 2.14. The quantitative estimate of drug-likeness (QED) is 0.881. The van der Waals surface area contributed by atoms with Crippen LogP contribution in [0.15, 0.2) is 22.6 Å². The third kappa shape index (κ3) is 3.87. The van der Waals surface area contributed by atoms with E-state index in [9.17, 15) is 8.42 Å². The molecular weight excluding hydrogens is 290 g/mol. The van der Waals surface area contributed by atoms with Crippen molar-refractivity contribution in [2.24, 2.45) is 0 Å². The van der Waals surface area contributed by atoms with Crippen LogP contribution in [0.5, 0.6) is 0 Å². The summed E-state index contributed by atoms with van der Waals surface area (Å²) in [6, 6.07) is 5.94. The Kier molecular flexibility index (Phi) is 4.41. The smallest absolute Gasteiger partial charge is 0.297 e. The number of nitrogens with one attached hydrogen (secondary N) is 1. The molecule has 0 radical (unpaired) electrons. The van der Waals surface area contributed by atoms with E-state index in [1.807, 2.05) is 39.2 Å². The first-order valence-corrected chi connectivity index (χ1v) is 8.67. The van der Waals surface area contributed by atoms with Gasteiger partial charge < -0.3 is 14.6 Å².